The predicted octanol–water partition coefficient (Wildman–Crippen LogP) is 4.78. The maximum absolute atomic E-state index is 12.9. The summed E-state index contributed by atoms with van der Waals surface area (Å²) in [5.41, 5.74) is 0. The molecular formula is C18H39N2O5+. The molecule has 0 atom stereocenters. The number of unbranched alkanes of at least 4 members (excludes halogenated alkanes) is 4. The van der Waals surface area contributed by atoms with Crippen LogP contribution in [0.5, 0.6) is 0 Å². The molecule has 0 aromatic rings. The number of rotatable bonds is 16. The van der Waals surface area contributed by atoms with E-state index in [-0.39, 0.29) is 0 Å². The Kier molecular flexibility index (Phi) is 15.1. The molecule has 0 aromatic carbocycles. The summed E-state index contributed by atoms with van der Waals surface area (Å²) in [4.78, 5) is 34.9. The SMILES string of the molecule is CCCCON(OCCCC)C(=O)[N+](C)(OCCCC)OCCCC. The van der Waals surface area contributed by atoms with Crippen molar-refractivity contribution in [2.75, 3.05) is 33.5 Å². The summed E-state index contributed by atoms with van der Waals surface area (Å²) in [5.74, 6) is 0. The van der Waals surface area contributed by atoms with Crippen LogP contribution < -0.4 is 0 Å². The first-order valence-electron chi connectivity index (χ1n) is 9.81. The van der Waals surface area contributed by atoms with Gasteiger partial charge in [-0.1, -0.05) is 53.4 Å². The summed E-state index contributed by atoms with van der Waals surface area (Å²) in [5, 5.41) is 0.948. The number of amides is 2. The van der Waals surface area contributed by atoms with Crippen LogP contribution in [0.2, 0.25) is 0 Å². The van der Waals surface area contributed by atoms with Crippen LogP contribution in [0.4, 0.5) is 4.79 Å². The molecule has 150 valence electrons. The summed E-state index contributed by atoms with van der Waals surface area (Å²) in [6.45, 7) is 9.97. The van der Waals surface area contributed by atoms with E-state index in [9.17, 15) is 4.79 Å². The standard InChI is InChI=1S/C18H39N2O5/c1-6-10-14-22-19(23-15-11-7-2)18(21)20(5,24-16-12-8-3)25-17-13-9-4/h6-17H2,1-5H3/q+1. The van der Waals surface area contributed by atoms with Crippen molar-refractivity contribution >= 4 is 6.03 Å². The lowest BCUT2D eigenvalue weighted by Crippen LogP contribution is -2.55. The number of carbonyl (C=O) groups excluding carboxylic acids is 1. The van der Waals surface area contributed by atoms with E-state index >= 15 is 0 Å². The molecule has 0 N–H and O–H groups in total. The van der Waals surface area contributed by atoms with Gasteiger partial charge in [0.25, 0.3) is 0 Å². The van der Waals surface area contributed by atoms with E-state index in [0.717, 1.165) is 56.6 Å². The number of carbonyl (C=O) groups is 1. The average molecular weight is 364 g/mol. The van der Waals surface area contributed by atoms with Crippen molar-refractivity contribution in [3.05, 3.63) is 0 Å². The number of nitrogens with zero attached hydrogens (tertiary/aromatic N) is 2. The van der Waals surface area contributed by atoms with Gasteiger partial charge >= 0.3 is 6.03 Å². The molecule has 0 unspecified atom stereocenters. The second-order valence-electron chi connectivity index (χ2n) is 6.13. The zero-order valence-electron chi connectivity index (χ0n) is 16.9. The molecule has 7 nitrogen and oxygen atoms in total. The van der Waals surface area contributed by atoms with Crippen molar-refractivity contribution in [1.82, 2.24) is 5.23 Å². The van der Waals surface area contributed by atoms with Crippen molar-refractivity contribution in [2.24, 2.45) is 0 Å². The van der Waals surface area contributed by atoms with Crippen molar-refractivity contribution in [3.8, 4) is 0 Å². The summed E-state index contributed by atoms with van der Waals surface area (Å²) < 4.78 is 0. The Morgan fingerprint density at radius 2 is 1.08 bits per heavy atom. The first-order chi connectivity index (χ1) is 12.1. The molecule has 0 aromatic heterocycles. The van der Waals surface area contributed by atoms with E-state index in [4.69, 9.17) is 19.4 Å². The zero-order valence-corrected chi connectivity index (χ0v) is 16.9. The predicted molar refractivity (Wildman–Crippen MR) is 96.9 cm³/mol. The molecule has 0 aliphatic carbocycles. The quantitative estimate of drug-likeness (QED) is 0.224. The maximum Gasteiger partial charge on any atom is 0.534 e. The molecule has 0 heterocycles. The molecule has 0 aliphatic rings. The van der Waals surface area contributed by atoms with E-state index < -0.39 is 10.8 Å². The summed E-state index contributed by atoms with van der Waals surface area (Å²) in [6, 6.07) is -0.501. The number of hydroxylamine groups is 6. The molecule has 2 amide bonds. The lowest BCUT2D eigenvalue weighted by Gasteiger charge is -2.29. The van der Waals surface area contributed by atoms with Gasteiger partial charge in [0, 0.05) is 4.81 Å². The van der Waals surface area contributed by atoms with Crippen molar-refractivity contribution < 1.29 is 29.0 Å². The van der Waals surface area contributed by atoms with Gasteiger partial charge < -0.3 is 0 Å². The molecule has 7 heteroatoms. The first-order valence-corrected chi connectivity index (χ1v) is 9.81. The van der Waals surface area contributed by atoms with Crippen LogP contribution in [0.3, 0.4) is 0 Å². The first kappa shape index (κ1) is 24.3. The second-order valence-corrected chi connectivity index (χ2v) is 6.13. The third-order valence-electron chi connectivity index (χ3n) is 3.59. The van der Waals surface area contributed by atoms with Crippen molar-refractivity contribution in [3.63, 3.8) is 0 Å². The summed E-state index contributed by atoms with van der Waals surface area (Å²) >= 11 is 0. The molecular weight excluding hydrogens is 324 g/mol. The van der Waals surface area contributed by atoms with Gasteiger partial charge in [0.05, 0.1) is 13.2 Å². The normalized spacial score (nSPS) is 11.7. The molecule has 25 heavy (non-hydrogen) atoms. The Morgan fingerprint density at radius 1 is 0.720 bits per heavy atom. The van der Waals surface area contributed by atoms with E-state index in [1.54, 1.807) is 7.05 Å². The molecule has 0 aliphatic heterocycles. The zero-order chi connectivity index (χ0) is 19.0. The average Bonchev–Trinajstić information content (AvgIpc) is 2.60. The topological polar surface area (TPSA) is 57.2 Å². The Hall–Kier alpha value is -0.730. The van der Waals surface area contributed by atoms with Crippen LogP contribution in [0.1, 0.15) is 79.1 Å². The van der Waals surface area contributed by atoms with Gasteiger partial charge in [0.1, 0.15) is 20.3 Å². The van der Waals surface area contributed by atoms with Crippen LogP contribution in [0, 0.1) is 0 Å². The summed E-state index contributed by atoms with van der Waals surface area (Å²) in [6.07, 6.45) is 7.30. The molecule has 0 bridgehead atoms. The van der Waals surface area contributed by atoms with Gasteiger partial charge in [-0.15, -0.1) is 0 Å². The van der Waals surface area contributed by atoms with Gasteiger partial charge in [0.2, 0.25) is 0 Å². The van der Waals surface area contributed by atoms with E-state index in [0.29, 0.717) is 26.4 Å². The molecule has 0 spiro atoms. The third-order valence-corrected chi connectivity index (χ3v) is 3.59. The minimum atomic E-state index is -0.627. The highest BCUT2D eigenvalue weighted by Crippen LogP contribution is 2.15. The molecule has 0 rings (SSSR count). The number of quaternary nitrogens is 1. The number of hydrogen-bond donors (Lipinski definition) is 0. The Balaban J connectivity index is 4.95. The van der Waals surface area contributed by atoms with Crippen LogP contribution in [-0.4, -0.2) is 49.5 Å². The minimum absolute atomic E-state index is 0.415. The monoisotopic (exact) mass is 363 g/mol. The Labute approximate surface area is 153 Å². The maximum atomic E-state index is 12.9. The van der Waals surface area contributed by atoms with Gasteiger partial charge in [-0.2, -0.15) is 14.5 Å². The van der Waals surface area contributed by atoms with Gasteiger partial charge in [-0.05, 0) is 30.9 Å². The summed E-state index contributed by atoms with van der Waals surface area (Å²) in [7, 11) is 1.59. The van der Waals surface area contributed by atoms with Crippen molar-refractivity contribution in [2.45, 2.75) is 79.1 Å². The molecule has 0 fully saturated rings. The Morgan fingerprint density at radius 3 is 1.44 bits per heavy atom. The van der Waals surface area contributed by atoms with E-state index in [1.807, 2.05) is 0 Å². The van der Waals surface area contributed by atoms with Crippen LogP contribution >= 0.6 is 0 Å². The minimum Gasteiger partial charge on any atom is -0.241 e. The smallest absolute Gasteiger partial charge is 0.241 e. The number of hydrogen-bond acceptors (Lipinski definition) is 5. The van der Waals surface area contributed by atoms with Crippen molar-refractivity contribution in [1.29, 1.82) is 0 Å². The second kappa shape index (κ2) is 15.5. The van der Waals surface area contributed by atoms with Crippen LogP contribution in [-0.2, 0) is 19.4 Å². The lowest BCUT2D eigenvalue weighted by molar-refractivity contribution is -1.18. The highest BCUT2D eigenvalue weighted by Gasteiger charge is 2.44. The fourth-order valence-corrected chi connectivity index (χ4v) is 1.79. The van der Waals surface area contributed by atoms with Gasteiger partial charge in [0.15, 0.2) is 0 Å². The van der Waals surface area contributed by atoms with E-state index in [1.165, 1.54) is 0 Å². The largest absolute Gasteiger partial charge is 0.534 e. The van der Waals surface area contributed by atoms with Crippen LogP contribution in [0.25, 0.3) is 0 Å². The molecule has 0 saturated carbocycles. The van der Waals surface area contributed by atoms with Gasteiger partial charge in [-0.3, -0.25) is 0 Å². The highest BCUT2D eigenvalue weighted by atomic mass is 17.0. The third kappa shape index (κ3) is 10.8. The van der Waals surface area contributed by atoms with Crippen LogP contribution in [0.15, 0.2) is 0 Å². The highest BCUT2D eigenvalue weighted by molar-refractivity contribution is 5.63. The molecule has 0 radical (unpaired) electrons. The number of urea groups is 1. The fourth-order valence-electron chi connectivity index (χ4n) is 1.79. The molecule has 0 saturated heterocycles. The fraction of sp³-hybridized carbons (Fsp3) is 0.944. The Bertz CT molecular complexity index is 309. The van der Waals surface area contributed by atoms with E-state index in [2.05, 4.69) is 27.7 Å². The van der Waals surface area contributed by atoms with Gasteiger partial charge in [-0.25, -0.2) is 9.68 Å². The lowest BCUT2D eigenvalue weighted by atomic mass is 10.4.